The molecule has 0 bridgehead atoms. The van der Waals surface area contributed by atoms with Gasteiger partial charge in [0.05, 0.1) is 0 Å². The van der Waals surface area contributed by atoms with E-state index in [-0.39, 0.29) is 5.97 Å². The van der Waals surface area contributed by atoms with E-state index in [9.17, 15) is 4.79 Å². The molecule has 0 radical (unpaired) electrons. The van der Waals surface area contributed by atoms with Crippen LogP contribution >= 0.6 is 11.6 Å². The second kappa shape index (κ2) is 8.54. The van der Waals surface area contributed by atoms with E-state index in [1.54, 1.807) is 0 Å². The molecule has 86 valence electrons. The lowest BCUT2D eigenvalue weighted by molar-refractivity contribution is -0.139. The maximum absolute atomic E-state index is 10.5. The minimum Gasteiger partial charge on any atom is -0.462 e. The average molecular weight is 231 g/mol. The Morgan fingerprint density at radius 1 is 1.20 bits per heavy atom. The van der Waals surface area contributed by atoms with E-state index in [1.807, 2.05) is 19.9 Å². The van der Waals surface area contributed by atoms with Gasteiger partial charge in [-0.15, -0.1) is 11.6 Å². The van der Waals surface area contributed by atoms with E-state index in [2.05, 4.69) is 6.08 Å². The Labute approximate surface area is 97.0 Å². The van der Waals surface area contributed by atoms with Gasteiger partial charge in [-0.2, -0.15) is 0 Å². The molecule has 3 heteroatoms. The predicted octanol–water partition coefficient (Wildman–Crippen LogP) is 3.46. The lowest BCUT2D eigenvalue weighted by Crippen LogP contribution is -1.98. The molecular weight excluding hydrogens is 212 g/mol. The number of ether oxygens (including phenoxy) is 1. The van der Waals surface area contributed by atoms with E-state index in [1.165, 1.54) is 18.1 Å². The van der Waals surface area contributed by atoms with Crippen molar-refractivity contribution in [2.45, 2.75) is 33.6 Å². The molecule has 2 nitrogen and oxygen atoms in total. The fraction of sp³-hybridized carbons (Fsp3) is 0.583. The van der Waals surface area contributed by atoms with Crippen molar-refractivity contribution in [1.29, 1.82) is 0 Å². The quantitative estimate of drug-likeness (QED) is 0.397. The third-order valence-corrected chi connectivity index (χ3v) is 2.38. The van der Waals surface area contributed by atoms with E-state index >= 15 is 0 Å². The van der Waals surface area contributed by atoms with Gasteiger partial charge in [-0.05, 0) is 32.8 Å². The molecule has 0 amide bonds. The smallest absolute Gasteiger partial charge is 0.302 e. The normalized spacial score (nSPS) is 12.8. The number of carbonyl (C=O) groups is 1. The van der Waals surface area contributed by atoms with Crippen LogP contribution in [0.15, 0.2) is 23.3 Å². The molecule has 15 heavy (non-hydrogen) atoms. The first kappa shape index (κ1) is 14.2. The van der Waals surface area contributed by atoms with Crippen LogP contribution in [-0.4, -0.2) is 18.5 Å². The first-order chi connectivity index (χ1) is 7.06. The van der Waals surface area contributed by atoms with E-state index < -0.39 is 0 Å². The molecule has 0 heterocycles. The highest BCUT2D eigenvalue weighted by Crippen LogP contribution is 2.07. The number of rotatable bonds is 6. The van der Waals surface area contributed by atoms with Crippen LogP contribution in [-0.2, 0) is 9.53 Å². The summed E-state index contributed by atoms with van der Waals surface area (Å²) in [5.74, 6) is 0.355. The van der Waals surface area contributed by atoms with E-state index in [4.69, 9.17) is 16.3 Å². The van der Waals surface area contributed by atoms with Crippen LogP contribution in [0.25, 0.3) is 0 Å². The summed E-state index contributed by atoms with van der Waals surface area (Å²) in [5.41, 5.74) is 2.43. The number of halogens is 1. The summed E-state index contributed by atoms with van der Waals surface area (Å²) in [5, 5.41) is 0. The third-order valence-electron chi connectivity index (χ3n) is 1.96. The van der Waals surface area contributed by atoms with E-state index in [0.717, 1.165) is 12.8 Å². The number of allylic oxidation sites excluding steroid dienone is 3. The maximum Gasteiger partial charge on any atom is 0.302 e. The molecule has 0 aromatic carbocycles. The van der Waals surface area contributed by atoms with Crippen molar-refractivity contribution >= 4 is 17.6 Å². The summed E-state index contributed by atoms with van der Waals surface area (Å²) >= 11 is 5.65. The second-order valence-corrected chi connectivity index (χ2v) is 3.84. The lowest BCUT2D eigenvalue weighted by Gasteiger charge is -2.00. The largest absolute Gasteiger partial charge is 0.462 e. The molecular formula is C12H19ClO2. The lowest BCUT2D eigenvalue weighted by atomic mass is 10.1. The monoisotopic (exact) mass is 230 g/mol. The molecule has 0 saturated carbocycles. The van der Waals surface area contributed by atoms with Gasteiger partial charge >= 0.3 is 5.97 Å². The van der Waals surface area contributed by atoms with Crippen LogP contribution in [0.3, 0.4) is 0 Å². The number of carbonyl (C=O) groups excluding carboxylic acids is 1. The van der Waals surface area contributed by atoms with Gasteiger partial charge in [-0.1, -0.05) is 17.2 Å². The number of alkyl halides is 1. The predicted molar refractivity (Wildman–Crippen MR) is 64.1 cm³/mol. The average Bonchev–Trinajstić information content (AvgIpc) is 2.17. The van der Waals surface area contributed by atoms with Gasteiger partial charge in [0.2, 0.25) is 0 Å². The summed E-state index contributed by atoms with van der Waals surface area (Å²) in [6.07, 6.45) is 6.04. The van der Waals surface area contributed by atoms with Gasteiger partial charge in [-0.25, -0.2) is 0 Å². The number of hydrogen-bond donors (Lipinski definition) is 0. The van der Waals surface area contributed by atoms with Crippen LogP contribution in [0.5, 0.6) is 0 Å². The number of hydrogen-bond acceptors (Lipinski definition) is 2. The summed E-state index contributed by atoms with van der Waals surface area (Å²) in [7, 11) is 0. The van der Waals surface area contributed by atoms with Crippen LogP contribution in [0.1, 0.15) is 33.6 Å². The highest BCUT2D eigenvalue weighted by atomic mass is 35.5. The van der Waals surface area contributed by atoms with Crippen molar-refractivity contribution in [3.8, 4) is 0 Å². The molecule has 0 unspecified atom stereocenters. The molecule has 0 aromatic heterocycles. The Hall–Kier alpha value is -0.760. The van der Waals surface area contributed by atoms with Crippen LogP contribution < -0.4 is 0 Å². The van der Waals surface area contributed by atoms with Crippen molar-refractivity contribution in [1.82, 2.24) is 0 Å². The van der Waals surface area contributed by atoms with Gasteiger partial charge in [0.15, 0.2) is 0 Å². The zero-order valence-electron chi connectivity index (χ0n) is 9.68. The second-order valence-electron chi connectivity index (χ2n) is 3.58. The summed E-state index contributed by atoms with van der Waals surface area (Å²) < 4.78 is 4.81. The van der Waals surface area contributed by atoms with Gasteiger partial charge < -0.3 is 4.74 Å². The highest BCUT2D eigenvalue weighted by molar-refractivity contribution is 6.19. The van der Waals surface area contributed by atoms with Crippen LogP contribution in [0.2, 0.25) is 0 Å². The Morgan fingerprint density at radius 3 is 2.40 bits per heavy atom. The molecule has 0 aliphatic heterocycles. The zero-order chi connectivity index (χ0) is 11.7. The minimum atomic E-state index is -0.239. The standard InChI is InChI=1S/C12H19ClO2/c1-10(7-8-15-12(3)14)5-4-6-11(2)9-13/h6-7H,4-5,8-9H2,1-3H3. The zero-order valence-corrected chi connectivity index (χ0v) is 10.4. The van der Waals surface area contributed by atoms with E-state index in [0.29, 0.717) is 12.5 Å². The van der Waals surface area contributed by atoms with Crippen molar-refractivity contribution < 1.29 is 9.53 Å². The first-order valence-corrected chi connectivity index (χ1v) is 5.60. The highest BCUT2D eigenvalue weighted by Gasteiger charge is 1.92. The first-order valence-electron chi connectivity index (χ1n) is 5.07. The van der Waals surface area contributed by atoms with Crippen molar-refractivity contribution in [2.75, 3.05) is 12.5 Å². The Balaban J connectivity index is 3.73. The maximum atomic E-state index is 10.5. The summed E-state index contributed by atoms with van der Waals surface area (Å²) in [4.78, 5) is 10.5. The van der Waals surface area contributed by atoms with Crippen molar-refractivity contribution in [3.05, 3.63) is 23.3 Å². The summed E-state index contributed by atoms with van der Waals surface area (Å²) in [6.45, 7) is 5.84. The number of esters is 1. The van der Waals surface area contributed by atoms with Gasteiger partial charge in [0.25, 0.3) is 0 Å². The molecule has 0 fully saturated rings. The fourth-order valence-electron chi connectivity index (χ4n) is 1.00. The molecule has 0 rings (SSSR count). The molecule has 0 saturated heterocycles. The Bertz CT molecular complexity index is 254. The van der Waals surface area contributed by atoms with Crippen molar-refractivity contribution in [2.24, 2.45) is 0 Å². The van der Waals surface area contributed by atoms with Crippen molar-refractivity contribution in [3.63, 3.8) is 0 Å². The SMILES string of the molecule is CC(=O)OCC=C(C)CCC=C(C)CCl. The van der Waals surface area contributed by atoms with Gasteiger partial charge in [0.1, 0.15) is 6.61 Å². The van der Waals surface area contributed by atoms with Crippen LogP contribution in [0, 0.1) is 0 Å². The Kier molecular flexibility index (Phi) is 8.11. The molecule has 0 aliphatic carbocycles. The summed E-state index contributed by atoms with van der Waals surface area (Å²) in [6, 6.07) is 0. The third kappa shape index (κ3) is 9.54. The van der Waals surface area contributed by atoms with Gasteiger partial charge in [-0.3, -0.25) is 4.79 Å². The topological polar surface area (TPSA) is 26.3 Å². The molecule has 0 N–H and O–H groups in total. The fourth-order valence-corrected chi connectivity index (χ4v) is 1.11. The van der Waals surface area contributed by atoms with Crippen LogP contribution in [0.4, 0.5) is 0 Å². The Morgan fingerprint density at radius 2 is 1.87 bits per heavy atom. The molecule has 0 spiro atoms. The van der Waals surface area contributed by atoms with Gasteiger partial charge in [0, 0.05) is 12.8 Å². The molecule has 0 aliphatic rings. The minimum absolute atomic E-state index is 0.239. The molecule has 0 aromatic rings. The molecule has 0 atom stereocenters.